The summed E-state index contributed by atoms with van der Waals surface area (Å²) >= 11 is 0. The number of benzene rings is 1. The second-order valence-electron chi connectivity index (χ2n) is 7.13. The Hall–Kier alpha value is -3.07. The second-order valence-corrected chi connectivity index (χ2v) is 7.13. The zero-order valence-electron chi connectivity index (χ0n) is 15.6. The zero-order valence-corrected chi connectivity index (χ0v) is 15.6. The van der Waals surface area contributed by atoms with Gasteiger partial charge in [-0.3, -0.25) is 14.9 Å². The van der Waals surface area contributed by atoms with Crippen LogP contribution in [-0.4, -0.2) is 33.1 Å². The summed E-state index contributed by atoms with van der Waals surface area (Å²) in [6.07, 6.45) is 9.01. The zero-order chi connectivity index (χ0) is 19.4. The van der Waals surface area contributed by atoms with E-state index in [1.54, 1.807) is 30.9 Å². The fraction of sp³-hybridized carbons (Fsp3) is 0.261. The average Bonchev–Trinajstić information content (AvgIpc) is 3.29. The number of nitriles is 1. The molecule has 0 bridgehead atoms. The van der Waals surface area contributed by atoms with Crippen molar-refractivity contribution in [2.75, 3.05) is 13.1 Å². The molecule has 3 aromatic rings. The van der Waals surface area contributed by atoms with Crippen LogP contribution in [0.2, 0.25) is 0 Å². The molecule has 1 N–H and O–H groups in total. The summed E-state index contributed by atoms with van der Waals surface area (Å²) in [7, 11) is 0. The van der Waals surface area contributed by atoms with Crippen molar-refractivity contribution in [2.24, 2.45) is 0 Å². The van der Waals surface area contributed by atoms with E-state index in [1.807, 2.05) is 42.5 Å². The Morgan fingerprint density at radius 2 is 1.61 bits per heavy atom. The van der Waals surface area contributed by atoms with Crippen LogP contribution in [0.15, 0.2) is 73.3 Å². The Labute approximate surface area is 164 Å². The minimum Gasteiger partial charge on any atom is -0.378 e. The Morgan fingerprint density at radius 1 is 0.964 bits per heavy atom. The van der Waals surface area contributed by atoms with Gasteiger partial charge in [-0.25, -0.2) is 0 Å². The topological polar surface area (TPSA) is 73.0 Å². The lowest BCUT2D eigenvalue weighted by atomic mass is 9.77. The maximum Gasteiger partial charge on any atom is 0.137 e. The molecule has 1 aromatic carbocycles. The fourth-order valence-electron chi connectivity index (χ4n) is 4.15. The predicted molar refractivity (Wildman–Crippen MR) is 106 cm³/mol. The molecule has 1 fully saturated rings. The van der Waals surface area contributed by atoms with Crippen molar-refractivity contribution >= 4 is 0 Å². The molecule has 0 saturated carbocycles. The van der Waals surface area contributed by atoms with E-state index in [0.717, 1.165) is 31.5 Å². The first-order valence-corrected chi connectivity index (χ1v) is 9.51. The molecule has 1 atom stereocenters. The van der Waals surface area contributed by atoms with Crippen LogP contribution >= 0.6 is 0 Å². The van der Waals surface area contributed by atoms with E-state index in [2.05, 4.69) is 20.9 Å². The largest absolute Gasteiger partial charge is 0.378 e. The predicted octanol–water partition coefficient (Wildman–Crippen LogP) is 3.42. The molecule has 5 nitrogen and oxygen atoms in total. The number of pyridine rings is 2. The van der Waals surface area contributed by atoms with Crippen LogP contribution in [0, 0.1) is 11.3 Å². The van der Waals surface area contributed by atoms with Gasteiger partial charge in [-0.15, -0.1) is 0 Å². The highest BCUT2D eigenvalue weighted by atomic mass is 16.3. The summed E-state index contributed by atoms with van der Waals surface area (Å²) in [6.45, 7) is 1.79. The normalized spacial score (nSPS) is 15.9. The third-order valence-corrected chi connectivity index (χ3v) is 5.44. The number of rotatable bonds is 5. The van der Waals surface area contributed by atoms with Crippen molar-refractivity contribution in [3.63, 3.8) is 0 Å². The highest BCUT2D eigenvalue weighted by Crippen LogP contribution is 2.45. The smallest absolute Gasteiger partial charge is 0.137 e. The number of nitrogens with zero attached hydrogens (tertiary/aromatic N) is 4. The summed E-state index contributed by atoms with van der Waals surface area (Å²) in [5.74, 6) is 0. The lowest BCUT2D eigenvalue weighted by Crippen LogP contribution is -2.44. The minimum absolute atomic E-state index is 0.350. The van der Waals surface area contributed by atoms with E-state index in [4.69, 9.17) is 0 Å². The molecule has 2 aromatic heterocycles. The van der Waals surface area contributed by atoms with Crippen LogP contribution in [0.4, 0.5) is 0 Å². The first-order valence-electron chi connectivity index (χ1n) is 9.51. The van der Waals surface area contributed by atoms with Gasteiger partial charge >= 0.3 is 0 Å². The van der Waals surface area contributed by atoms with Crippen molar-refractivity contribution < 1.29 is 5.11 Å². The van der Waals surface area contributed by atoms with Crippen molar-refractivity contribution in [2.45, 2.75) is 24.5 Å². The molecule has 140 valence electrons. The lowest BCUT2D eigenvalue weighted by molar-refractivity contribution is -0.0152. The third-order valence-electron chi connectivity index (χ3n) is 5.44. The van der Waals surface area contributed by atoms with Crippen molar-refractivity contribution in [3.05, 3.63) is 95.6 Å². The standard InChI is InChI=1S/C23H22N4O/c24-15-18-6-3-7-19(14-18)22(27-12-1-2-13-27)23(28,20-8-4-10-25-16-20)21-9-5-11-26-17-21/h3-11,14,16-17,22,28H,1-2,12-13H2. The molecule has 0 spiro atoms. The Kier molecular flexibility index (Phi) is 5.16. The monoisotopic (exact) mass is 370 g/mol. The molecular formula is C23H22N4O. The summed E-state index contributed by atoms with van der Waals surface area (Å²) in [4.78, 5) is 10.8. The summed E-state index contributed by atoms with van der Waals surface area (Å²) in [5, 5.41) is 21.7. The number of hydrogen-bond acceptors (Lipinski definition) is 5. The van der Waals surface area contributed by atoms with E-state index in [0.29, 0.717) is 16.7 Å². The second kappa shape index (κ2) is 7.89. The maximum absolute atomic E-state index is 12.3. The molecule has 0 aliphatic carbocycles. The highest BCUT2D eigenvalue weighted by Gasteiger charge is 2.45. The van der Waals surface area contributed by atoms with E-state index in [1.165, 1.54) is 0 Å². The lowest BCUT2D eigenvalue weighted by Gasteiger charge is -2.42. The van der Waals surface area contributed by atoms with Gasteiger partial charge < -0.3 is 5.11 Å². The molecule has 1 unspecified atom stereocenters. The molecule has 1 aliphatic rings. The number of aliphatic hydroxyl groups is 1. The van der Waals surface area contributed by atoms with Crippen LogP contribution in [0.1, 0.15) is 41.1 Å². The molecule has 5 heteroatoms. The van der Waals surface area contributed by atoms with E-state index in [9.17, 15) is 10.4 Å². The molecule has 1 saturated heterocycles. The van der Waals surface area contributed by atoms with Crippen LogP contribution < -0.4 is 0 Å². The first-order chi connectivity index (χ1) is 13.7. The summed E-state index contributed by atoms with van der Waals surface area (Å²) in [6, 6.07) is 16.9. The van der Waals surface area contributed by atoms with Crippen molar-refractivity contribution in [3.8, 4) is 6.07 Å². The first kappa shape index (κ1) is 18.3. The SMILES string of the molecule is N#Cc1cccc(C(N2CCCC2)C(O)(c2cccnc2)c2cccnc2)c1. The van der Waals surface area contributed by atoms with Crippen molar-refractivity contribution in [1.82, 2.24) is 14.9 Å². The highest BCUT2D eigenvalue weighted by molar-refractivity contribution is 5.42. The molecule has 4 rings (SSSR count). The van der Waals surface area contributed by atoms with Gasteiger partial charge in [0.15, 0.2) is 0 Å². The van der Waals surface area contributed by atoms with Gasteiger partial charge in [0.05, 0.1) is 17.7 Å². The van der Waals surface area contributed by atoms with Gasteiger partial charge in [-0.2, -0.15) is 5.26 Å². The average molecular weight is 370 g/mol. The minimum atomic E-state index is -1.35. The Balaban J connectivity index is 1.95. The number of likely N-dealkylation sites (tertiary alicyclic amines) is 1. The molecule has 0 radical (unpaired) electrons. The third kappa shape index (κ3) is 3.29. The molecule has 28 heavy (non-hydrogen) atoms. The van der Waals surface area contributed by atoms with E-state index >= 15 is 0 Å². The number of aromatic nitrogens is 2. The van der Waals surface area contributed by atoms with E-state index < -0.39 is 5.60 Å². The quantitative estimate of drug-likeness (QED) is 0.745. The van der Waals surface area contributed by atoms with Crippen molar-refractivity contribution in [1.29, 1.82) is 5.26 Å². The van der Waals surface area contributed by atoms with Gasteiger partial charge in [0.1, 0.15) is 5.60 Å². The fourth-order valence-corrected chi connectivity index (χ4v) is 4.15. The van der Waals surface area contributed by atoms with Crippen LogP contribution in [0.3, 0.4) is 0 Å². The molecular weight excluding hydrogens is 348 g/mol. The molecule has 1 aliphatic heterocycles. The van der Waals surface area contributed by atoms with E-state index in [-0.39, 0.29) is 6.04 Å². The van der Waals surface area contributed by atoms with Gasteiger partial charge in [-0.05, 0) is 55.8 Å². The Morgan fingerprint density at radius 3 is 2.14 bits per heavy atom. The van der Waals surface area contributed by atoms with Gasteiger partial charge in [0.2, 0.25) is 0 Å². The van der Waals surface area contributed by atoms with Gasteiger partial charge in [-0.1, -0.05) is 24.3 Å². The van der Waals surface area contributed by atoms with Gasteiger partial charge in [0, 0.05) is 35.9 Å². The molecule has 3 heterocycles. The number of hydrogen-bond donors (Lipinski definition) is 1. The van der Waals surface area contributed by atoms with Crippen LogP contribution in [0.25, 0.3) is 0 Å². The maximum atomic E-state index is 12.3. The summed E-state index contributed by atoms with van der Waals surface area (Å²) < 4.78 is 0. The van der Waals surface area contributed by atoms with Crippen LogP contribution in [0.5, 0.6) is 0 Å². The van der Waals surface area contributed by atoms with Crippen LogP contribution in [-0.2, 0) is 5.60 Å². The summed E-state index contributed by atoms with van der Waals surface area (Å²) in [5.41, 5.74) is 1.57. The van der Waals surface area contributed by atoms with Gasteiger partial charge in [0.25, 0.3) is 0 Å². The molecule has 0 amide bonds. The Bertz CT molecular complexity index is 923.